The molecule has 0 aliphatic rings. The fraction of sp³-hybridized carbons (Fsp3) is 0.375. The van der Waals surface area contributed by atoms with Crippen molar-refractivity contribution < 1.29 is 9.90 Å². The first-order valence-corrected chi connectivity index (χ1v) is 7.75. The van der Waals surface area contributed by atoms with E-state index in [1.165, 1.54) is 5.56 Å². The molecular formula is C16H20N2O2S. The number of nitrogens with zero attached hydrogens (tertiary/aromatic N) is 1. The van der Waals surface area contributed by atoms with Crippen LogP contribution < -0.4 is 5.32 Å². The van der Waals surface area contributed by atoms with Crippen molar-refractivity contribution in [2.45, 2.75) is 33.3 Å². The van der Waals surface area contributed by atoms with Gasteiger partial charge in [-0.1, -0.05) is 29.8 Å². The van der Waals surface area contributed by atoms with Crippen LogP contribution in [0.1, 0.15) is 22.4 Å². The molecule has 0 saturated carbocycles. The van der Waals surface area contributed by atoms with Crippen molar-refractivity contribution in [2.75, 3.05) is 6.54 Å². The van der Waals surface area contributed by atoms with Gasteiger partial charge in [0.05, 0.1) is 23.2 Å². The van der Waals surface area contributed by atoms with Crippen LogP contribution in [0.2, 0.25) is 0 Å². The lowest BCUT2D eigenvalue weighted by Gasteiger charge is -2.07. The van der Waals surface area contributed by atoms with Gasteiger partial charge in [-0.25, -0.2) is 4.98 Å². The molecule has 0 bridgehead atoms. The van der Waals surface area contributed by atoms with Crippen LogP contribution in [0.15, 0.2) is 24.3 Å². The Kier molecular flexibility index (Phi) is 5.09. The van der Waals surface area contributed by atoms with E-state index in [4.69, 9.17) is 0 Å². The summed E-state index contributed by atoms with van der Waals surface area (Å²) in [6.07, 6.45) is -0.241. The summed E-state index contributed by atoms with van der Waals surface area (Å²) in [5.41, 5.74) is 3.11. The van der Waals surface area contributed by atoms with E-state index in [0.717, 1.165) is 21.1 Å². The molecule has 0 aliphatic carbocycles. The maximum atomic E-state index is 11.9. The van der Waals surface area contributed by atoms with Gasteiger partial charge in [0.1, 0.15) is 0 Å². The molecule has 112 valence electrons. The molecule has 5 heteroatoms. The van der Waals surface area contributed by atoms with Gasteiger partial charge < -0.3 is 10.4 Å². The first kappa shape index (κ1) is 15.7. The molecule has 1 aromatic carbocycles. The number of carbonyl (C=O) groups excluding carboxylic acids is 1. The Hall–Kier alpha value is -1.72. The van der Waals surface area contributed by atoms with Gasteiger partial charge in [0.25, 0.3) is 0 Å². The number of amides is 1. The number of benzene rings is 1. The largest absolute Gasteiger partial charge is 0.392 e. The number of hydrogen-bond donors (Lipinski definition) is 2. The molecule has 4 nitrogen and oxygen atoms in total. The van der Waals surface area contributed by atoms with Crippen molar-refractivity contribution in [2.24, 2.45) is 0 Å². The molecule has 2 N–H and O–H groups in total. The minimum atomic E-state index is -0.534. The highest BCUT2D eigenvalue weighted by Gasteiger charge is 2.14. The highest BCUT2D eigenvalue weighted by atomic mass is 32.1. The van der Waals surface area contributed by atoms with Crippen LogP contribution in [0, 0.1) is 13.8 Å². The molecule has 1 heterocycles. The van der Waals surface area contributed by atoms with Crippen molar-refractivity contribution >= 4 is 17.2 Å². The van der Waals surface area contributed by atoms with Gasteiger partial charge >= 0.3 is 0 Å². The average Bonchev–Trinajstić information content (AvgIpc) is 2.78. The molecule has 1 aromatic heterocycles. The summed E-state index contributed by atoms with van der Waals surface area (Å²) in [7, 11) is 0. The first-order valence-electron chi connectivity index (χ1n) is 6.94. The third-order valence-corrected chi connectivity index (χ3v) is 4.02. The number of aryl methyl sites for hydroxylation is 2. The highest BCUT2D eigenvalue weighted by molar-refractivity contribution is 7.12. The van der Waals surface area contributed by atoms with E-state index in [1.807, 2.05) is 38.1 Å². The summed E-state index contributed by atoms with van der Waals surface area (Å²) in [5, 5.41) is 12.9. The number of aromatic nitrogens is 1. The third-order valence-electron chi connectivity index (χ3n) is 3.05. The maximum Gasteiger partial charge on any atom is 0.225 e. The number of rotatable bonds is 5. The van der Waals surface area contributed by atoms with Crippen LogP contribution in [-0.4, -0.2) is 28.6 Å². The Morgan fingerprint density at radius 2 is 2.00 bits per heavy atom. The smallest absolute Gasteiger partial charge is 0.225 e. The molecule has 1 amide bonds. The maximum absolute atomic E-state index is 11.9. The second-order valence-corrected chi connectivity index (χ2v) is 6.49. The minimum Gasteiger partial charge on any atom is -0.392 e. The van der Waals surface area contributed by atoms with Gasteiger partial charge in [-0.05, 0) is 20.8 Å². The van der Waals surface area contributed by atoms with Crippen molar-refractivity contribution in [1.82, 2.24) is 10.3 Å². The van der Waals surface area contributed by atoms with Gasteiger partial charge in [-0.15, -0.1) is 11.3 Å². The van der Waals surface area contributed by atoms with Crippen LogP contribution in [0.5, 0.6) is 0 Å². The third kappa shape index (κ3) is 4.37. The molecule has 2 rings (SSSR count). The minimum absolute atomic E-state index is 0.0899. The number of aliphatic hydroxyl groups is 1. The second-order valence-electron chi connectivity index (χ2n) is 5.20. The van der Waals surface area contributed by atoms with Crippen LogP contribution in [0.3, 0.4) is 0 Å². The molecular weight excluding hydrogens is 284 g/mol. The van der Waals surface area contributed by atoms with E-state index >= 15 is 0 Å². The van der Waals surface area contributed by atoms with Crippen molar-refractivity contribution in [3.05, 3.63) is 39.7 Å². The summed E-state index contributed by atoms with van der Waals surface area (Å²) < 4.78 is 0. The Labute approximate surface area is 128 Å². The van der Waals surface area contributed by atoms with E-state index in [2.05, 4.69) is 10.3 Å². The van der Waals surface area contributed by atoms with Gasteiger partial charge in [0, 0.05) is 17.0 Å². The molecule has 0 radical (unpaired) electrons. The number of nitrogens with one attached hydrogen (secondary N) is 1. The van der Waals surface area contributed by atoms with Gasteiger partial charge in [0.15, 0.2) is 0 Å². The number of thiazole rings is 1. The average molecular weight is 304 g/mol. The van der Waals surface area contributed by atoms with Crippen LogP contribution in [0.25, 0.3) is 11.3 Å². The zero-order valence-corrected chi connectivity index (χ0v) is 13.3. The van der Waals surface area contributed by atoms with Gasteiger partial charge in [0.2, 0.25) is 5.91 Å². The number of carbonyl (C=O) groups is 1. The van der Waals surface area contributed by atoms with Crippen LogP contribution in [-0.2, 0) is 11.2 Å². The van der Waals surface area contributed by atoms with Crippen LogP contribution >= 0.6 is 11.3 Å². The van der Waals surface area contributed by atoms with Crippen molar-refractivity contribution in [1.29, 1.82) is 0 Å². The van der Waals surface area contributed by atoms with E-state index in [-0.39, 0.29) is 12.5 Å². The second kappa shape index (κ2) is 6.83. The van der Waals surface area contributed by atoms with Gasteiger partial charge in [-0.2, -0.15) is 0 Å². The monoisotopic (exact) mass is 304 g/mol. The fourth-order valence-electron chi connectivity index (χ4n) is 2.00. The predicted molar refractivity (Wildman–Crippen MR) is 85.4 cm³/mol. The molecule has 2 aromatic rings. The van der Waals surface area contributed by atoms with Crippen molar-refractivity contribution in [3.63, 3.8) is 0 Å². The molecule has 21 heavy (non-hydrogen) atoms. The quantitative estimate of drug-likeness (QED) is 0.892. The molecule has 1 unspecified atom stereocenters. The molecule has 0 spiro atoms. The van der Waals surface area contributed by atoms with E-state index in [0.29, 0.717) is 6.42 Å². The summed E-state index contributed by atoms with van der Waals surface area (Å²) in [6.45, 7) is 5.91. The normalized spacial score (nSPS) is 12.2. The summed E-state index contributed by atoms with van der Waals surface area (Å²) >= 11 is 1.54. The fourth-order valence-corrected chi connectivity index (χ4v) is 2.95. The standard InChI is InChI=1S/C16H20N2O2S/c1-10-4-6-13(7-5-10)16-14(21-12(3)18-16)8-15(20)17-9-11(2)19/h4-7,11,19H,8-9H2,1-3H3,(H,17,20). The Morgan fingerprint density at radius 3 is 2.62 bits per heavy atom. The zero-order valence-electron chi connectivity index (χ0n) is 12.5. The molecule has 0 aliphatic heterocycles. The van der Waals surface area contributed by atoms with E-state index in [9.17, 15) is 9.90 Å². The zero-order chi connectivity index (χ0) is 15.4. The summed E-state index contributed by atoms with van der Waals surface area (Å²) in [5.74, 6) is -0.0899. The van der Waals surface area contributed by atoms with Gasteiger partial charge in [-0.3, -0.25) is 4.79 Å². The Morgan fingerprint density at radius 1 is 1.33 bits per heavy atom. The molecule has 0 fully saturated rings. The highest BCUT2D eigenvalue weighted by Crippen LogP contribution is 2.28. The summed E-state index contributed by atoms with van der Waals surface area (Å²) in [6, 6.07) is 8.14. The summed E-state index contributed by atoms with van der Waals surface area (Å²) in [4.78, 5) is 17.4. The predicted octanol–water partition coefficient (Wildman–Crippen LogP) is 2.47. The van der Waals surface area contributed by atoms with Crippen molar-refractivity contribution in [3.8, 4) is 11.3 Å². The number of aliphatic hydroxyl groups excluding tert-OH is 1. The lowest BCUT2D eigenvalue weighted by Crippen LogP contribution is -2.31. The topological polar surface area (TPSA) is 62.2 Å². The lowest BCUT2D eigenvalue weighted by molar-refractivity contribution is -0.120. The first-order chi connectivity index (χ1) is 9.95. The van der Waals surface area contributed by atoms with Crippen LogP contribution in [0.4, 0.5) is 0 Å². The SMILES string of the molecule is Cc1ccc(-c2nc(C)sc2CC(=O)NCC(C)O)cc1. The van der Waals surface area contributed by atoms with E-state index in [1.54, 1.807) is 18.3 Å². The molecule has 1 atom stereocenters. The molecule has 0 saturated heterocycles. The lowest BCUT2D eigenvalue weighted by atomic mass is 10.1. The Balaban J connectivity index is 2.17. The van der Waals surface area contributed by atoms with E-state index < -0.39 is 6.10 Å². The Bertz CT molecular complexity index is 618. The number of hydrogen-bond acceptors (Lipinski definition) is 4.